The van der Waals surface area contributed by atoms with Gasteiger partial charge in [-0.05, 0) is 0 Å². The third-order valence-electron chi connectivity index (χ3n) is 0. The van der Waals surface area contributed by atoms with Crippen LogP contribution in [-0.2, 0) is 67.1 Å². The molecule has 3 nitrogen and oxygen atoms in total. The predicted molar refractivity (Wildman–Crippen MR) is 5.75 cm³/mol. The van der Waals surface area contributed by atoms with Crippen molar-refractivity contribution < 1.29 is 82.2 Å². The molecule has 0 aromatic rings. The van der Waals surface area contributed by atoms with E-state index in [1.807, 2.05) is 0 Å². The van der Waals surface area contributed by atoms with E-state index in [1.165, 1.54) is 0 Å². The molecule has 0 N–H and O–H groups in total. The molecule has 0 heterocycles. The van der Waals surface area contributed by atoms with Crippen LogP contribution >= 0.6 is 0 Å². The molecule has 0 aliphatic rings. The monoisotopic (exact) mass is 380 g/mol. The fraction of sp³-hybridized carbons (Fsp3) is 0. The Morgan fingerprint density at radius 2 is 0.714 bits per heavy atom. The van der Waals surface area contributed by atoms with Crippen molar-refractivity contribution in [2.45, 2.75) is 0 Å². The topological polar surface area (TPSA) is 69.2 Å². The standard InChI is InChI=1S/3Ag.BO3/c;;;2-1(3)4/q3*+1;-3. The molecule has 54 valence electrons. The maximum atomic E-state index is 8.42. The fourth-order valence-corrected chi connectivity index (χ4v) is 0. The Morgan fingerprint density at radius 1 is 0.714 bits per heavy atom. The molecular weight excluding hydrogens is 382 g/mol. The van der Waals surface area contributed by atoms with Crippen molar-refractivity contribution in [1.82, 2.24) is 0 Å². The minimum atomic E-state index is -2.92. The van der Waals surface area contributed by atoms with Crippen molar-refractivity contribution in [3.05, 3.63) is 0 Å². The van der Waals surface area contributed by atoms with Crippen molar-refractivity contribution >= 4 is 7.32 Å². The summed E-state index contributed by atoms with van der Waals surface area (Å²) in [6, 6.07) is 0. The first-order chi connectivity index (χ1) is 1.73. The molecular formula is Ag3BO3. The Balaban J connectivity index is -0.0000000150. The molecule has 0 rings (SSSR count). The smallest absolute Gasteiger partial charge is 0.907 e. The van der Waals surface area contributed by atoms with Gasteiger partial charge in [-0.25, -0.2) is 0 Å². The van der Waals surface area contributed by atoms with E-state index >= 15 is 0 Å². The molecule has 0 unspecified atom stereocenters. The Morgan fingerprint density at radius 3 is 0.714 bits per heavy atom. The molecule has 0 aliphatic heterocycles. The van der Waals surface area contributed by atoms with Gasteiger partial charge in [0.15, 0.2) is 0 Å². The molecule has 0 aliphatic carbocycles. The van der Waals surface area contributed by atoms with Crippen molar-refractivity contribution in [1.29, 1.82) is 0 Å². The van der Waals surface area contributed by atoms with E-state index < -0.39 is 7.32 Å². The molecule has 0 aromatic heterocycles. The van der Waals surface area contributed by atoms with Crippen molar-refractivity contribution in [2.24, 2.45) is 0 Å². The van der Waals surface area contributed by atoms with Gasteiger partial charge in [0.1, 0.15) is 0 Å². The van der Waals surface area contributed by atoms with E-state index in [2.05, 4.69) is 0 Å². The summed E-state index contributed by atoms with van der Waals surface area (Å²) in [4.78, 5) is 0. The third kappa shape index (κ3) is 66.2. The minimum absolute atomic E-state index is 0. The molecule has 0 spiro atoms. The van der Waals surface area contributed by atoms with Crippen LogP contribution in [0.5, 0.6) is 0 Å². The largest absolute Gasteiger partial charge is 1.00 e. The van der Waals surface area contributed by atoms with E-state index in [-0.39, 0.29) is 67.1 Å². The Kier molecular flexibility index (Phi) is 51.4. The van der Waals surface area contributed by atoms with Gasteiger partial charge in [-0.3, -0.25) is 7.32 Å². The second-order valence-corrected chi connectivity index (χ2v) is 0.289. The zero-order valence-corrected chi connectivity index (χ0v) is 7.15. The van der Waals surface area contributed by atoms with Gasteiger partial charge in [0, 0.05) is 0 Å². The quantitative estimate of drug-likeness (QED) is 0.402. The zero-order valence-electron chi connectivity index (χ0n) is 2.71. The molecule has 7 heteroatoms. The van der Waals surface area contributed by atoms with Gasteiger partial charge in [0.25, 0.3) is 0 Å². The van der Waals surface area contributed by atoms with Crippen LogP contribution in [0, 0.1) is 0 Å². The summed E-state index contributed by atoms with van der Waals surface area (Å²) >= 11 is 0. The summed E-state index contributed by atoms with van der Waals surface area (Å²) in [6.45, 7) is 0. The third-order valence-corrected chi connectivity index (χ3v) is 0. The van der Waals surface area contributed by atoms with E-state index in [9.17, 15) is 0 Å². The van der Waals surface area contributed by atoms with Gasteiger partial charge in [0.05, 0.1) is 0 Å². The van der Waals surface area contributed by atoms with Crippen LogP contribution in [-0.4, -0.2) is 7.32 Å². The average molecular weight is 382 g/mol. The van der Waals surface area contributed by atoms with Crippen LogP contribution in [0.3, 0.4) is 0 Å². The zero-order chi connectivity index (χ0) is 3.58. The fourth-order valence-electron chi connectivity index (χ4n) is 0. The van der Waals surface area contributed by atoms with Gasteiger partial charge in [0.2, 0.25) is 0 Å². The SMILES string of the molecule is [Ag+].[Ag+].[Ag+].[O-]B([O-])[O-]. The summed E-state index contributed by atoms with van der Waals surface area (Å²) in [6.07, 6.45) is 0. The molecule has 7 heavy (non-hydrogen) atoms. The first-order valence-corrected chi connectivity index (χ1v) is 0.707. The van der Waals surface area contributed by atoms with Gasteiger partial charge >= 0.3 is 67.1 Å². The second kappa shape index (κ2) is 15.7. The predicted octanol–water partition coefficient (Wildman–Crippen LogP) is -3.96. The van der Waals surface area contributed by atoms with Crippen LogP contribution < -0.4 is 15.1 Å². The van der Waals surface area contributed by atoms with Gasteiger partial charge in [-0.1, -0.05) is 0 Å². The number of hydrogen-bond acceptors (Lipinski definition) is 3. The van der Waals surface area contributed by atoms with Crippen LogP contribution in [0.4, 0.5) is 0 Å². The normalized spacial score (nSPS) is 3.86. The van der Waals surface area contributed by atoms with E-state index in [1.54, 1.807) is 0 Å². The van der Waals surface area contributed by atoms with Crippen LogP contribution in [0.15, 0.2) is 0 Å². The van der Waals surface area contributed by atoms with Gasteiger partial charge in [-0.2, -0.15) is 0 Å². The molecule has 0 bridgehead atoms. The first kappa shape index (κ1) is 22.9. The van der Waals surface area contributed by atoms with Crippen LogP contribution in [0.25, 0.3) is 0 Å². The maximum Gasteiger partial charge on any atom is 1.00 e. The molecule has 0 saturated heterocycles. The van der Waals surface area contributed by atoms with E-state index in [0.717, 1.165) is 0 Å². The maximum absolute atomic E-state index is 8.42. The van der Waals surface area contributed by atoms with E-state index in [0.29, 0.717) is 0 Å². The Bertz CT molecular complexity index is 14.9. The molecule has 0 radical (unpaired) electrons. The first-order valence-electron chi connectivity index (χ1n) is 0.707. The van der Waals surface area contributed by atoms with Crippen LogP contribution in [0.2, 0.25) is 0 Å². The Labute approximate surface area is 88.6 Å². The molecule has 0 atom stereocenters. The summed E-state index contributed by atoms with van der Waals surface area (Å²) in [5.41, 5.74) is 0. The number of rotatable bonds is 0. The summed E-state index contributed by atoms with van der Waals surface area (Å²) in [5.74, 6) is 0. The summed E-state index contributed by atoms with van der Waals surface area (Å²) < 4.78 is 0. The molecule has 0 amide bonds. The van der Waals surface area contributed by atoms with Crippen LogP contribution in [0.1, 0.15) is 0 Å². The van der Waals surface area contributed by atoms with E-state index in [4.69, 9.17) is 15.1 Å². The van der Waals surface area contributed by atoms with Crippen molar-refractivity contribution in [3.63, 3.8) is 0 Å². The van der Waals surface area contributed by atoms with Crippen molar-refractivity contribution in [3.8, 4) is 0 Å². The van der Waals surface area contributed by atoms with Gasteiger partial charge < -0.3 is 15.1 Å². The van der Waals surface area contributed by atoms with Crippen molar-refractivity contribution in [2.75, 3.05) is 0 Å². The van der Waals surface area contributed by atoms with Gasteiger partial charge in [-0.15, -0.1) is 0 Å². The molecule has 0 saturated carbocycles. The average Bonchev–Trinajstić information content (AvgIpc) is 0.811. The molecule has 0 aromatic carbocycles. The minimum Gasteiger partial charge on any atom is -0.907 e. The molecule has 0 fully saturated rings. The summed E-state index contributed by atoms with van der Waals surface area (Å²) in [7, 11) is -2.92. The second-order valence-electron chi connectivity index (χ2n) is 0.289. The Hall–Kier alpha value is 2.17. The number of hydrogen-bond donors (Lipinski definition) is 0. The summed E-state index contributed by atoms with van der Waals surface area (Å²) in [5, 5.41) is 25.2.